The van der Waals surface area contributed by atoms with Crippen LogP contribution >= 0.6 is 11.6 Å². The third kappa shape index (κ3) is 2.93. The van der Waals surface area contributed by atoms with E-state index in [1.807, 2.05) is 37.3 Å². The van der Waals surface area contributed by atoms with Crippen molar-refractivity contribution in [1.82, 2.24) is 0 Å². The first-order valence-corrected chi connectivity index (χ1v) is 8.60. The molecule has 3 rings (SSSR count). The van der Waals surface area contributed by atoms with Crippen molar-refractivity contribution < 1.29 is 8.42 Å². The number of hydrogen-bond acceptors (Lipinski definition) is 2. The zero-order valence-electron chi connectivity index (χ0n) is 11.9. The van der Waals surface area contributed by atoms with Gasteiger partial charge in [-0.2, -0.15) is 0 Å². The van der Waals surface area contributed by atoms with Gasteiger partial charge in [-0.05, 0) is 47.5 Å². The number of anilines is 1. The zero-order chi connectivity index (χ0) is 15.7. The van der Waals surface area contributed by atoms with Crippen LogP contribution in [0, 0.1) is 6.92 Å². The summed E-state index contributed by atoms with van der Waals surface area (Å²) < 4.78 is 27.6. The minimum absolute atomic E-state index is 0.211. The lowest BCUT2D eigenvalue weighted by Crippen LogP contribution is -2.13. The molecule has 0 unspecified atom stereocenters. The largest absolute Gasteiger partial charge is 0.278 e. The Kier molecular flexibility index (Phi) is 3.81. The Balaban J connectivity index is 2.00. The molecule has 3 aromatic rings. The summed E-state index contributed by atoms with van der Waals surface area (Å²) in [5.41, 5.74) is 1.35. The maximum atomic E-state index is 12.5. The predicted octanol–water partition coefficient (Wildman–Crippen LogP) is 4.60. The third-order valence-corrected chi connectivity index (χ3v) is 5.08. The Morgan fingerprint density at radius 2 is 1.64 bits per heavy atom. The van der Waals surface area contributed by atoms with E-state index in [2.05, 4.69) is 4.72 Å². The fraction of sp³-hybridized carbons (Fsp3) is 0.0588. The summed E-state index contributed by atoms with van der Waals surface area (Å²) in [6.45, 7) is 1.90. The molecule has 5 heteroatoms. The van der Waals surface area contributed by atoms with Crippen molar-refractivity contribution in [1.29, 1.82) is 0 Å². The highest BCUT2D eigenvalue weighted by Crippen LogP contribution is 2.26. The molecule has 0 aromatic heterocycles. The van der Waals surface area contributed by atoms with E-state index >= 15 is 0 Å². The molecule has 0 spiro atoms. The summed E-state index contributed by atoms with van der Waals surface area (Å²) in [5, 5.41) is 2.25. The number of nitrogens with one attached hydrogen (secondary N) is 1. The molecule has 0 bridgehead atoms. The Morgan fingerprint density at radius 3 is 2.36 bits per heavy atom. The average Bonchev–Trinajstić information content (AvgIpc) is 2.49. The van der Waals surface area contributed by atoms with Crippen LogP contribution in [0.15, 0.2) is 65.6 Å². The van der Waals surface area contributed by atoms with Crippen LogP contribution in [0.4, 0.5) is 5.69 Å². The summed E-state index contributed by atoms with van der Waals surface area (Å²) in [7, 11) is -3.67. The quantitative estimate of drug-likeness (QED) is 0.762. The maximum absolute atomic E-state index is 12.5. The first-order chi connectivity index (χ1) is 10.5. The normalized spacial score (nSPS) is 11.5. The van der Waals surface area contributed by atoms with E-state index < -0.39 is 10.0 Å². The van der Waals surface area contributed by atoms with E-state index in [0.717, 1.165) is 16.3 Å². The van der Waals surface area contributed by atoms with E-state index in [0.29, 0.717) is 10.7 Å². The standard InChI is InChI=1S/C17H14ClNO2S/c1-12-6-9-17(16(18)10-12)19-22(20,21)15-8-7-13-4-2-3-5-14(13)11-15/h2-11,19H,1H3. The van der Waals surface area contributed by atoms with Gasteiger partial charge in [-0.1, -0.05) is 48.0 Å². The second-order valence-corrected chi connectivity index (χ2v) is 7.19. The van der Waals surface area contributed by atoms with Gasteiger partial charge in [0.2, 0.25) is 0 Å². The van der Waals surface area contributed by atoms with Gasteiger partial charge in [-0.3, -0.25) is 4.72 Å². The fourth-order valence-electron chi connectivity index (χ4n) is 2.24. The first kappa shape index (κ1) is 14.9. The van der Waals surface area contributed by atoms with Gasteiger partial charge in [-0.25, -0.2) is 8.42 Å². The maximum Gasteiger partial charge on any atom is 0.261 e. The molecule has 22 heavy (non-hydrogen) atoms. The molecule has 112 valence electrons. The number of sulfonamides is 1. The van der Waals surface area contributed by atoms with Gasteiger partial charge < -0.3 is 0 Å². The van der Waals surface area contributed by atoms with Crippen molar-refractivity contribution in [3.05, 3.63) is 71.2 Å². The summed E-state index contributed by atoms with van der Waals surface area (Å²) in [6, 6.07) is 17.8. The van der Waals surface area contributed by atoms with Gasteiger partial charge in [-0.15, -0.1) is 0 Å². The van der Waals surface area contributed by atoms with Crippen LogP contribution < -0.4 is 4.72 Å². The predicted molar refractivity (Wildman–Crippen MR) is 90.9 cm³/mol. The van der Waals surface area contributed by atoms with Crippen molar-refractivity contribution in [2.45, 2.75) is 11.8 Å². The van der Waals surface area contributed by atoms with Gasteiger partial charge in [0.05, 0.1) is 15.6 Å². The second-order valence-electron chi connectivity index (χ2n) is 5.10. The van der Waals surface area contributed by atoms with Crippen molar-refractivity contribution in [2.75, 3.05) is 4.72 Å². The lowest BCUT2D eigenvalue weighted by atomic mass is 10.1. The van der Waals surface area contributed by atoms with Crippen LogP contribution in [-0.4, -0.2) is 8.42 Å². The van der Waals surface area contributed by atoms with Gasteiger partial charge in [0.15, 0.2) is 0 Å². The van der Waals surface area contributed by atoms with Gasteiger partial charge >= 0.3 is 0 Å². The molecular weight excluding hydrogens is 318 g/mol. The Morgan fingerprint density at radius 1 is 0.909 bits per heavy atom. The SMILES string of the molecule is Cc1ccc(NS(=O)(=O)c2ccc3ccccc3c2)c(Cl)c1. The van der Waals surface area contributed by atoms with Gasteiger partial charge in [0, 0.05) is 0 Å². The zero-order valence-corrected chi connectivity index (χ0v) is 13.4. The van der Waals surface area contributed by atoms with Crippen LogP contribution in [0.5, 0.6) is 0 Å². The Hall–Kier alpha value is -2.04. The summed E-state index contributed by atoms with van der Waals surface area (Å²) >= 11 is 6.09. The molecule has 0 amide bonds. The fourth-order valence-corrected chi connectivity index (χ4v) is 3.69. The van der Waals surface area contributed by atoms with E-state index in [9.17, 15) is 8.42 Å². The van der Waals surface area contributed by atoms with Crippen molar-refractivity contribution >= 4 is 38.1 Å². The lowest BCUT2D eigenvalue weighted by Gasteiger charge is -2.11. The smallest absolute Gasteiger partial charge is 0.261 e. The van der Waals surface area contributed by atoms with Crippen LogP contribution in [0.1, 0.15) is 5.56 Å². The minimum Gasteiger partial charge on any atom is -0.278 e. The number of rotatable bonds is 3. The third-order valence-electron chi connectivity index (χ3n) is 3.40. The van der Waals surface area contributed by atoms with Gasteiger partial charge in [0.1, 0.15) is 0 Å². The molecule has 0 fully saturated rings. The van der Waals surface area contributed by atoms with Crippen LogP contribution in [0.3, 0.4) is 0 Å². The van der Waals surface area contributed by atoms with Crippen LogP contribution in [-0.2, 0) is 10.0 Å². The first-order valence-electron chi connectivity index (χ1n) is 6.73. The molecule has 0 aliphatic heterocycles. The molecule has 3 nitrogen and oxygen atoms in total. The number of benzene rings is 3. The van der Waals surface area contributed by atoms with Crippen LogP contribution in [0.2, 0.25) is 5.02 Å². The highest BCUT2D eigenvalue weighted by Gasteiger charge is 2.16. The number of aryl methyl sites for hydroxylation is 1. The molecule has 0 heterocycles. The lowest BCUT2D eigenvalue weighted by molar-refractivity contribution is 0.601. The average molecular weight is 332 g/mol. The van der Waals surface area contributed by atoms with Gasteiger partial charge in [0.25, 0.3) is 10.0 Å². The second kappa shape index (κ2) is 5.63. The molecule has 0 atom stereocenters. The Bertz CT molecular complexity index is 952. The molecule has 0 aliphatic rings. The van der Waals surface area contributed by atoms with E-state index in [1.54, 1.807) is 30.3 Å². The van der Waals surface area contributed by atoms with Crippen molar-refractivity contribution in [3.63, 3.8) is 0 Å². The van der Waals surface area contributed by atoms with E-state index in [-0.39, 0.29) is 4.90 Å². The minimum atomic E-state index is -3.67. The molecule has 0 saturated heterocycles. The number of hydrogen-bond donors (Lipinski definition) is 1. The summed E-state index contributed by atoms with van der Waals surface area (Å²) in [4.78, 5) is 0.211. The van der Waals surface area contributed by atoms with Crippen molar-refractivity contribution in [2.24, 2.45) is 0 Å². The Labute approximate surface area is 134 Å². The van der Waals surface area contributed by atoms with Crippen molar-refractivity contribution in [3.8, 4) is 0 Å². The molecule has 0 aliphatic carbocycles. The summed E-state index contributed by atoms with van der Waals surface area (Å²) in [6.07, 6.45) is 0. The highest BCUT2D eigenvalue weighted by atomic mass is 35.5. The monoisotopic (exact) mass is 331 g/mol. The molecular formula is C17H14ClNO2S. The topological polar surface area (TPSA) is 46.2 Å². The molecule has 0 saturated carbocycles. The van der Waals surface area contributed by atoms with E-state index in [4.69, 9.17) is 11.6 Å². The highest BCUT2D eigenvalue weighted by molar-refractivity contribution is 7.92. The summed E-state index contributed by atoms with van der Waals surface area (Å²) in [5.74, 6) is 0. The van der Waals surface area contributed by atoms with Crippen LogP contribution in [0.25, 0.3) is 10.8 Å². The number of halogens is 1. The molecule has 1 N–H and O–H groups in total. The number of fused-ring (bicyclic) bond motifs is 1. The molecule has 3 aromatic carbocycles. The van der Waals surface area contributed by atoms with E-state index in [1.165, 1.54) is 0 Å². The molecule has 0 radical (unpaired) electrons.